The van der Waals surface area contributed by atoms with Crippen molar-refractivity contribution in [1.29, 1.82) is 0 Å². The van der Waals surface area contributed by atoms with Gasteiger partial charge in [0.2, 0.25) is 0 Å². The lowest BCUT2D eigenvalue weighted by Gasteiger charge is -2.28. The average molecular weight is 632 g/mol. The van der Waals surface area contributed by atoms with Crippen LogP contribution in [0.3, 0.4) is 0 Å². The lowest BCUT2D eigenvalue weighted by Crippen LogP contribution is -2.43. The Bertz CT molecular complexity index is 1900. The summed E-state index contributed by atoms with van der Waals surface area (Å²) in [6.45, 7) is 13.5. The number of hydrogen-bond acceptors (Lipinski definition) is 9. The van der Waals surface area contributed by atoms with Crippen molar-refractivity contribution >= 4 is 35.0 Å². The molecule has 0 radical (unpaired) electrons. The van der Waals surface area contributed by atoms with Crippen molar-refractivity contribution in [2.24, 2.45) is 7.05 Å². The monoisotopic (exact) mass is 631 g/mol. The van der Waals surface area contributed by atoms with Gasteiger partial charge in [0.1, 0.15) is 17.0 Å². The third kappa shape index (κ3) is 6.34. The maximum atomic E-state index is 13.1. The molecule has 1 fully saturated rings. The Hall–Kier alpha value is -4.55. The molecule has 6 rings (SSSR count). The minimum atomic E-state index is -0.430. The van der Waals surface area contributed by atoms with Crippen LogP contribution < -0.4 is 21.1 Å². The number of rotatable bonds is 6. The predicted octanol–water partition coefficient (Wildman–Crippen LogP) is 4.30. The Labute approximate surface area is 267 Å². The van der Waals surface area contributed by atoms with E-state index in [-0.39, 0.29) is 35.3 Å². The summed E-state index contributed by atoms with van der Waals surface area (Å²) in [6, 6.07) is 11.6. The minimum absolute atomic E-state index is 0. The Kier molecular flexibility index (Phi) is 8.81. The van der Waals surface area contributed by atoms with Crippen LogP contribution >= 0.6 is 12.4 Å². The highest BCUT2D eigenvalue weighted by Crippen LogP contribution is 2.32. The first kappa shape index (κ1) is 31.9. The van der Waals surface area contributed by atoms with Gasteiger partial charge in [-0.3, -0.25) is 9.59 Å². The van der Waals surface area contributed by atoms with Crippen molar-refractivity contribution in [1.82, 2.24) is 40.5 Å². The molecule has 1 amide bonds. The van der Waals surface area contributed by atoms with E-state index in [1.54, 1.807) is 7.05 Å². The molecule has 0 aliphatic carbocycles. The van der Waals surface area contributed by atoms with E-state index in [1.165, 1.54) is 4.68 Å². The summed E-state index contributed by atoms with van der Waals surface area (Å²) >= 11 is 0. The predicted molar refractivity (Wildman–Crippen MR) is 176 cm³/mol. The van der Waals surface area contributed by atoms with Crippen LogP contribution in [-0.2, 0) is 12.5 Å². The van der Waals surface area contributed by atoms with Gasteiger partial charge in [0, 0.05) is 67.0 Å². The zero-order chi connectivity index (χ0) is 31.2. The molecule has 0 bridgehead atoms. The van der Waals surface area contributed by atoms with Gasteiger partial charge < -0.3 is 25.0 Å². The molecule has 4 aromatic heterocycles. The summed E-state index contributed by atoms with van der Waals surface area (Å²) in [5, 5.41) is 15.6. The molecular weight excluding hydrogens is 594 g/mol. The fourth-order valence-corrected chi connectivity index (χ4v) is 5.48. The van der Waals surface area contributed by atoms with Gasteiger partial charge in [-0.2, -0.15) is 10.1 Å². The van der Waals surface area contributed by atoms with Crippen molar-refractivity contribution in [3.05, 3.63) is 75.8 Å². The molecule has 0 saturated carbocycles. The molecular formula is C32H38ClN9O3. The molecule has 12 nitrogen and oxygen atoms in total. The number of carbonyl (C=O) groups is 1. The molecule has 3 N–H and O–H groups in total. The fourth-order valence-electron chi connectivity index (χ4n) is 5.48. The Balaban J connectivity index is 0.00000400. The Morgan fingerprint density at radius 1 is 1.09 bits per heavy atom. The highest BCUT2D eigenvalue weighted by molar-refractivity contribution is 5.96. The Morgan fingerprint density at radius 3 is 2.47 bits per heavy atom. The van der Waals surface area contributed by atoms with E-state index < -0.39 is 5.91 Å². The van der Waals surface area contributed by atoms with E-state index in [4.69, 9.17) is 9.51 Å². The molecule has 1 aliphatic heterocycles. The highest BCUT2D eigenvalue weighted by Gasteiger charge is 2.25. The molecule has 1 atom stereocenters. The van der Waals surface area contributed by atoms with E-state index >= 15 is 0 Å². The number of nitrogens with zero attached hydrogens (tertiary/aromatic N) is 6. The summed E-state index contributed by atoms with van der Waals surface area (Å²) in [5.41, 5.74) is 5.07. The molecule has 0 spiro atoms. The zero-order valence-corrected chi connectivity index (χ0v) is 27.1. The highest BCUT2D eigenvalue weighted by atomic mass is 35.5. The lowest BCUT2D eigenvalue weighted by molar-refractivity contribution is 0.0895. The largest absolute Gasteiger partial charge is 0.354 e. The molecule has 45 heavy (non-hydrogen) atoms. The fraction of sp³-hybridized carbons (Fsp3) is 0.375. The zero-order valence-electron chi connectivity index (χ0n) is 26.3. The van der Waals surface area contributed by atoms with Gasteiger partial charge >= 0.3 is 11.8 Å². The molecule has 1 saturated heterocycles. The normalized spacial score (nSPS) is 14.3. The van der Waals surface area contributed by atoms with E-state index in [0.717, 1.165) is 65.3 Å². The van der Waals surface area contributed by atoms with Crippen LogP contribution in [0.25, 0.3) is 33.4 Å². The number of piperazine rings is 1. The quantitative estimate of drug-likeness (QED) is 0.249. The molecule has 5 heterocycles. The molecule has 1 aromatic carbocycles. The summed E-state index contributed by atoms with van der Waals surface area (Å²) in [7, 11) is 1.65. The van der Waals surface area contributed by atoms with Crippen LogP contribution in [0.5, 0.6) is 0 Å². The number of aryl methyl sites for hydroxylation is 2. The smallest absolute Gasteiger partial charge is 0.315 e. The molecule has 13 heteroatoms. The van der Waals surface area contributed by atoms with Gasteiger partial charge in [-0.15, -0.1) is 12.4 Å². The van der Waals surface area contributed by atoms with Gasteiger partial charge in [-0.05, 0) is 49.2 Å². The molecule has 236 valence electrons. The van der Waals surface area contributed by atoms with Crippen molar-refractivity contribution in [3.8, 4) is 22.5 Å². The maximum absolute atomic E-state index is 13.1. The summed E-state index contributed by atoms with van der Waals surface area (Å²) < 4.78 is 6.56. The third-order valence-corrected chi connectivity index (χ3v) is 7.98. The van der Waals surface area contributed by atoms with E-state index in [2.05, 4.69) is 35.8 Å². The van der Waals surface area contributed by atoms with E-state index in [0.29, 0.717) is 17.0 Å². The summed E-state index contributed by atoms with van der Waals surface area (Å²) in [4.78, 5) is 40.5. The second kappa shape index (κ2) is 12.4. The number of pyridine rings is 1. The maximum Gasteiger partial charge on any atom is 0.315 e. The molecule has 5 aromatic rings. The number of halogens is 1. The molecule has 0 unspecified atom stereocenters. The van der Waals surface area contributed by atoms with Gasteiger partial charge in [0.25, 0.3) is 5.56 Å². The number of nitrogens with one attached hydrogen (secondary N) is 3. The lowest BCUT2D eigenvalue weighted by atomic mass is 9.96. The number of H-pyrrole nitrogens is 1. The number of amides is 1. The third-order valence-electron chi connectivity index (χ3n) is 7.98. The second-order valence-electron chi connectivity index (χ2n) is 12.3. The van der Waals surface area contributed by atoms with Crippen LogP contribution in [0.4, 0.5) is 5.82 Å². The van der Waals surface area contributed by atoms with Crippen LogP contribution in [-0.4, -0.2) is 62.0 Å². The number of aromatic nitrogens is 6. The van der Waals surface area contributed by atoms with Gasteiger partial charge in [-0.1, -0.05) is 38.1 Å². The number of benzene rings is 1. The van der Waals surface area contributed by atoms with Crippen molar-refractivity contribution in [2.45, 2.75) is 46.1 Å². The summed E-state index contributed by atoms with van der Waals surface area (Å²) in [5.74, 6) is 0.922. The molecule has 1 aliphatic rings. The van der Waals surface area contributed by atoms with Crippen LogP contribution in [0.15, 0.2) is 51.9 Å². The number of hydrogen-bond donors (Lipinski definition) is 3. The van der Waals surface area contributed by atoms with Gasteiger partial charge in [0.15, 0.2) is 5.82 Å². The van der Waals surface area contributed by atoms with Crippen molar-refractivity contribution in [2.75, 3.05) is 31.1 Å². The number of carbonyl (C=O) groups excluding carboxylic acids is 1. The first-order valence-electron chi connectivity index (χ1n) is 14.8. The SMILES string of the molecule is Cc1cc(-c2nn(C)c(=O)c3[nH]c(-c4ccc(N5CCNCC5)nc4)cc23)ccc1[C@@H](C)NC(=O)c1nc(C(C)(C)C)no1.Cl. The van der Waals surface area contributed by atoms with Crippen molar-refractivity contribution < 1.29 is 9.32 Å². The first-order valence-corrected chi connectivity index (χ1v) is 14.8. The second-order valence-corrected chi connectivity index (χ2v) is 12.3. The number of fused-ring (bicyclic) bond motifs is 1. The van der Waals surface area contributed by atoms with Gasteiger partial charge in [-0.25, -0.2) is 9.67 Å². The van der Waals surface area contributed by atoms with E-state index in [9.17, 15) is 9.59 Å². The number of anilines is 1. The van der Waals surface area contributed by atoms with Crippen molar-refractivity contribution in [3.63, 3.8) is 0 Å². The van der Waals surface area contributed by atoms with Gasteiger partial charge in [0.05, 0.1) is 6.04 Å². The van der Waals surface area contributed by atoms with Crippen LogP contribution in [0.2, 0.25) is 0 Å². The van der Waals surface area contributed by atoms with Crippen LogP contribution in [0.1, 0.15) is 61.4 Å². The minimum Gasteiger partial charge on any atom is -0.354 e. The van der Waals surface area contributed by atoms with E-state index in [1.807, 2.05) is 77.2 Å². The first-order chi connectivity index (χ1) is 21.0. The average Bonchev–Trinajstić information content (AvgIpc) is 3.69. The number of aromatic amines is 1. The standard InChI is InChI=1S/C32H37N9O3.ClH/c1-18-15-20(7-9-22(18)19(2)35-28(42)29-37-31(39-44-29)32(3,4)5)26-23-16-24(36-27(23)30(43)40(6)38-26)21-8-10-25(34-17-21)41-13-11-33-12-14-41;/h7-10,15-17,19,33,36H,11-14H2,1-6H3,(H,35,42);1H/t19-;/m1./s1. The van der Waals surface area contributed by atoms with Crippen LogP contribution in [0, 0.1) is 6.92 Å². The summed E-state index contributed by atoms with van der Waals surface area (Å²) in [6.07, 6.45) is 1.84. The topological polar surface area (TPSA) is 147 Å². The Morgan fingerprint density at radius 2 is 1.82 bits per heavy atom.